The van der Waals surface area contributed by atoms with Crippen LogP contribution in [0.2, 0.25) is 0 Å². The highest BCUT2D eigenvalue weighted by atomic mass is 32.2. The van der Waals surface area contributed by atoms with Gasteiger partial charge in [0, 0.05) is 12.6 Å². The largest absolute Gasteiger partial charge is 0.493 e. The van der Waals surface area contributed by atoms with E-state index in [1.54, 1.807) is 44.6 Å². The molecule has 1 amide bonds. The normalized spacial score (nSPS) is 12.2. The van der Waals surface area contributed by atoms with E-state index in [1.807, 2.05) is 19.1 Å². The quantitative estimate of drug-likeness (QED) is 0.728. The van der Waals surface area contributed by atoms with E-state index in [2.05, 4.69) is 5.32 Å². The Kier molecular flexibility index (Phi) is 6.90. The lowest BCUT2D eigenvalue weighted by Gasteiger charge is -2.20. The lowest BCUT2D eigenvalue weighted by molar-refractivity contribution is 0.0935. The molecule has 1 N–H and O–H groups in total. The minimum absolute atomic E-state index is 0.233. The number of hydrogen-bond donors (Lipinski definition) is 1. The molecule has 0 spiro atoms. The van der Waals surface area contributed by atoms with Crippen LogP contribution in [0.5, 0.6) is 11.5 Å². The number of benzene rings is 2. The Morgan fingerprint density at radius 1 is 1.11 bits per heavy atom. The molecule has 0 unspecified atom stereocenters. The van der Waals surface area contributed by atoms with Crippen LogP contribution in [0, 0.1) is 0 Å². The van der Waals surface area contributed by atoms with E-state index in [0.717, 1.165) is 16.1 Å². The van der Waals surface area contributed by atoms with E-state index in [-0.39, 0.29) is 11.9 Å². The maximum absolute atomic E-state index is 12.8. The number of amides is 1. The van der Waals surface area contributed by atoms with Crippen molar-refractivity contribution in [2.75, 3.05) is 31.8 Å². The molecule has 1 atom stereocenters. The van der Waals surface area contributed by atoms with Gasteiger partial charge in [-0.25, -0.2) is 8.42 Å². The summed E-state index contributed by atoms with van der Waals surface area (Å²) in [6, 6.07) is 11.8. The predicted octanol–water partition coefficient (Wildman–Crippen LogP) is 2.98. The molecule has 8 heteroatoms. The Labute approximate surface area is 166 Å². The summed E-state index contributed by atoms with van der Waals surface area (Å²) >= 11 is 0. The molecule has 0 aromatic heterocycles. The second kappa shape index (κ2) is 8.97. The molecule has 0 aliphatic carbocycles. The van der Waals surface area contributed by atoms with Gasteiger partial charge >= 0.3 is 0 Å². The van der Waals surface area contributed by atoms with Crippen LogP contribution >= 0.6 is 0 Å². The minimum Gasteiger partial charge on any atom is -0.493 e. The van der Waals surface area contributed by atoms with Crippen LogP contribution in [0.25, 0.3) is 0 Å². The van der Waals surface area contributed by atoms with E-state index >= 15 is 0 Å². The van der Waals surface area contributed by atoms with E-state index in [9.17, 15) is 13.2 Å². The van der Waals surface area contributed by atoms with Crippen LogP contribution in [0.4, 0.5) is 5.69 Å². The second-order valence-corrected chi connectivity index (χ2v) is 8.34. The van der Waals surface area contributed by atoms with Crippen molar-refractivity contribution in [2.24, 2.45) is 0 Å². The molecule has 7 nitrogen and oxygen atoms in total. The molecule has 0 saturated heterocycles. The van der Waals surface area contributed by atoms with E-state index in [0.29, 0.717) is 29.2 Å². The van der Waals surface area contributed by atoms with Gasteiger partial charge < -0.3 is 14.8 Å². The average Bonchev–Trinajstić information content (AvgIpc) is 2.70. The standard InChI is InChI=1S/C20H26N2O5S/c1-6-17(14-10-11-18(26-3)19(13-14)27-4)21-20(23)15-8-7-9-16(12-15)22(2)28(5,24)25/h7-13,17H,6H2,1-5H3,(H,21,23)/t17-/m0/s1. The maximum Gasteiger partial charge on any atom is 0.251 e. The Bertz CT molecular complexity index is 943. The monoisotopic (exact) mass is 406 g/mol. The van der Waals surface area contributed by atoms with E-state index < -0.39 is 10.0 Å². The summed E-state index contributed by atoms with van der Waals surface area (Å²) in [5.74, 6) is 0.916. The lowest BCUT2D eigenvalue weighted by Crippen LogP contribution is -2.29. The zero-order chi connectivity index (χ0) is 20.9. The summed E-state index contributed by atoms with van der Waals surface area (Å²) in [6.45, 7) is 1.97. The molecule has 2 aromatic rings. The number of nitrogens with one attached hydrogen (secondary N) is 1. The molecule has 0 aliphatic heterocycles. The zero-order valence-corrected chi connectivity index (χ0v) is 17.5. The number of carbonyl (C=O) groups is 1. The van der Waals surface area contributed by atoms with Gasteiger partial charge in [-0.1, -0.05) is 19.1 Å². The van der Waals surface area contributed by atoms with Gasteiger partial charge in [-0.2, -0.15) is 0 Å². The molecule has 0 aliphatic rings. The molecule has 2 aromatic carbocycles. The summed E-state index contributed by atoms with van der Waals surface area (Å²) in [4.78, 5) is 12.8. The molecule has 2 rings (SSSR count). The number of hydrogen-bond acceptors (Lipinski definition) is 5. The predicted molar refractivity (Wildman–Crippen MR) is 110 cm³/mol. The smallest absolute Gasteiger partial charge is 0.251 e. The Morgan fingerprint density at radius 3 is 2.36 bits per heavy atom. The number of ether oxygens (including phenoxy) is 2. The van der Waals surface area contributed by atoms with Crippen molar-refractivity contribution in [1.29, 1.82) is 0 Å². The third-order valence-electron chi connectivity index (χ3n) is 4.49. The number of nitrogens with zero attached hydrogens (tertiary/aromatic N) is 1. The fourth-order valence-electron chi connectivity index (χ4n) is 2.77. The van der Waals surface area contributed by atoms with Gasteiger partial charge in [-0.05, 0) is 42.3 Å². The maximum atomic E-state index is 12.8. The highest BCUT2D eigenvalue weighted by Gasteiger charge is 2.18. The van der Waals surface area contributed by atoms with Gasteiger partial charge in [0.15, 0.2) is 11.5 Å². The van der Waals surface area contributed by atoms with Gasteiger partial charge in [0.2, 0.25) is 10.0 Å². The van der Waals surface area contributed by atoms with Crippen molar-refractivity contribution in [2.45, 2.75) is 19.4 Å². The van der Waals surface area contributed by atoms with Gasteiger partial charge in [-0.15, -0.1) is 0 Å². The molecule has 0 heterocycles. The fourth-order valence-corrected chi connectivity index (χ4v) is 3.26. The number of rotatable bonds is 8. The van der Waals surface area contributed by atoms with Crippen molar-refractivity contribution in [3.63, 3.8) is 0 Å². The highest BCUT2D eigenvalue weighted by molar-refractivity contribution is 7.92. The second-order valence-electron chi connectivity index (χ2n) is 6.33. The number of methoxy groups -OCH3 is 2. The zero-order valence-electron chi connectivity index (χ0n) is 16.7. The summed E-state index contributed by atoms with van der Waals surface area (Å²) in [7, 11) is 1.17. The molecule has 152 valence electrons. The molecule has 0 fully saturated rings. The Balaban J connectivity index is 2.25. The number of carbonyl (C=O) groups excluding carboxylic acids is 1. The van der Waals surface area contributed by atoms with Crippen LogP contribution in [0.1, 0.15) is 35.3 Å². The molecule has 0 saturated carbocycles. The van der Waals surface area contributed by atoms with Crippen molar-refractivity contribution in [3.05, 3.63) is 53.6 Å². The van der Waals surface area contributed by atoms with E-state index in [4.69, 9.17) is 9.47 Å². The summed E-state index contributed by atoms with van der Waals surface area (Å²) in [5, 5.41) is 2.99. The molecular weight excluding hydrogens is 380 g/mol. The third-order valence-corrected chi connectivity index (χ3v) is 5.70. The first-order valence-electron chi connectivity index (χ1n) is 8.78. The van der Waals surface area contributed by atoms with Crippen LogP contribution in [0.15, 0.2) is 42.5 Å². The van der Waals surface area contributed by atoms with E-state index in [1.165, 1.54) is 7.05 Å². The van der Waals surface area contributed by atoms with Crippen molar-refractivity contribution < 1.29 is 22.7 Å². The van der Waals surface area contributed by atoms with Crippen LogP contribution in [-0.2, 0) is 10.0 Å². The van der Waals surface area contributed by atoms with Crippen molar-refractivity contribution >= 4 is 21.6 Å². The van der Waals surface area contributed by atoms with Crippen molar-refractivity contribution in [3.8, 4) is 11.5 Å². The van der Waals surface area contributed by atoms with Gasteiger partial charge in [0.25, 0.3) is 5.91 Å². The fraction of sp³-hybridized carbons (Fsp3) is 0.350. The number of anilines is 1. The summed E-state index contributed by atoms with van der Waals surface area (Å²) in [6.07, 6.45) is 1.79. The van der Waals surface area contributed by atoms with Crippen LogP contribution in [0.3, 0.4) is 0 Å². The minimum atomic E-state index is -3.41. The molecule has 0 radical (unpaired) electrons. The number of sulfonamides is 1. The highest BCUT2D eigenvalue weighted by Crippen LogP contribution is 2.31. The first-order valence-corrected chi connectivity index (χ1v) is 10.6. The van der Waals surface area contributed by atoms with Crippen LogP contribution in [-0.4, -0.2) is 41.8 Å². The SMILES string of the molecule is CC[C@H](NC(=O)c1cccc(N(C)S(C)(=O)=O)c1)c1ccc(OC)c(OC)c1. The average molecular weight is 407 g/mol. The first-order chi connectivity index (χ1) is 13.2. The first kappa shape index (κ1) is 21.6. The third kappa shape index (κ3) is 4.95. The Hall–Kier alpha value is -2.74. The summed E-state index contributed by atoms with van der Waals surface area (Å²) in [5.41, 5.74) is 1.69. The molecular formula is C20H26N2O5S. The molecule has 28 heavy (non-hydrogen) atoms. The molecule has 0 bridgehead atoms. The van der Waals surface area contributed by atoms with Crippen molar-refractivity contribution in [1.82, 2.24) is 5.32 Å². The van der Waals surface area contributed by atoms with Gasteiger partial charge in [0.05, 0.1) is 32.2 Å². The topological polar surface area (TPSA) is 84.9 Å². The lowest BCUT2D eigenvalue weighted by atomic mass is 10.0. The van der Waals surface area contributed by atoms with Gasteiger partial charge in [-0.3, -0.25) is 9.10 Å². The summed E-state index contributed by atoms with van der Waals surface area (Å²) < 4.78 is 35.2. The van der Waals surface area contributed by atoms with Gasteiger partial charge in [0.1, 0.15) is 0 Å². The van der Waals surface area contributed by atoms with Crippen LogP contribution < -0.4 is 19.1 Å². The Morgan fingerprint density at radius 2 is 1.79 bits per heavy atom.